The summed E-state index contributed by atoms with van der Waals surface area (Å²) in [7, 11) is 7.14. The molecular weight excluding hydrogens is 476 g/mol. The third kappa shape index (κ3) is 7.14. The zero-order valence-corrected chi connectivity index (χ0v) is 21.7. The summed E-state index contributed by atoms with van der Waals surface area (Å²) in [6.45, 7) is 3.93. The van der Waals surface area contributed by atoms with E-state index < -0.39 is 4.92 Å². The molecule has 11 heteroatoms. The molecule has 0 amide bonds. The molecule has 0 aliphatic carbocycles. The molecule has 0 atom stereocenters. The predicted octanol–water partition coefficient (Wildman–Crippen LogP) is 4.15. The quantitative estimate of drug-likeness (QED) is 0.205. The molecule has 3 aromatic rings. The van der Waals surface area contributed by atoms with E-state index in [1.807, 2.05) is 25.9 Å². The molecule has 2 aromatic carbocycles. The Morgan fingerprint density at radius 1 is 1.11 bits per heavy atom. The van der Waals surface area contributed by atoms with Gasteiger partial charge in [-0.2, -0.15) is 0 Å². The molecule has 0 saturated carbocycles. The average Bonchev–Trinajstić information content (AvgIpc) is 2.90. The Hall–Kier alpha value is -4.25. The molecule has 0 spiro atoms. The number of carbonyl (C=O) groups is 1. The molecule has 37 heavy (non-hydrogen) atoms. The number of methoxy groups -OCH3 is 1. The number of ether oxygens (including phenoxy) is 2. The summed E-state index contributed by atoms with van der Waals surface area (Å²) in [6, 6.07) is 11.3. The normalized spacial score (nSPS) is 10.8. The standard InChI is InChI=1S/C26H32N6O5/c1-6-15-37-19-9-7-18(8-10-19)25(33)20-11-12-27-26(28-20)29-21-16-23(32(34)35)22(17-24(21)36-5)31(4)14-13-30(2)3/h7-12,16-17H,6,13-15H2,1-5H3,(H,27,28,29). The van der Waals surface area contributed by atoms with Crippen molar-refractivity contribution in [2.24, 2.45) is 0 Å². The van der Waals surface area contributed by atoms with Gasteiger partial charge in [-0.3, -0.25) is 14.9 Å². The molecule has 0 fully saturated rings. The van der Waals surface area contributed by atoms with Crippen molar-refractivity contribution in [3.63, 3.8) is 0 Å². The van der Waals surface area contributed by atoms with Crippen molar-refractivity contribution in [3.8, 4) is 11.5 Å². The highest BCUT2D eigenvalue weighted by atomic mass is 16.6. The van der Waals surface area contributed by atoms with Crippen LogP contribution in [-0.2, 0) is 0 Å². The Bertz CT molecular complexity index is 1230. The number of benzene rings is 2. The summed E-state index contributed by atoms with van der Waals surface area (Å²) in [5, 5.41) is 14.8. The molecule has 0 radical (unpaired) electrons. The summed E-state index contributed by atoms with van der Waals surface area (Å²) >= 11 is 0. The molecular formula is C26H32N6O5. The molecule has 0 aliphatic rings. The van der Waals surface area contributed by atoms with Crippen molar-refractivity contribution >= 4 is 28.8 Å². The van der Waals surface area contributed by atoms with Crippen LogP contribution >= 0.6 is 0 Å². The first-order valence-electron chi connectivity index (χ1n) is 11.8. The fraction of sp³-hybridized carbons (Fsp3) is 0.346. The lowest BCUT2D eigenvalue weighted by Crippen LogP contribution is -2.29. The van der Waals surface area contributed by atoms with Gasteiger partial charge in [-0.15, -0.1) is 0 Å². The van der Waals surface area contributed by atoms with E-state index in [4.69, 9.17) is 9.47 Å². The number of likely N-dealkylation sites (N-methyl/N-ethyl adjacent to an activating group) is 2. The van der Waals surface area contributed by atoms with Crippen molar-refractivity contribution in [2.45, 2.75) is 13.3 Å². The third-order valence-corrected chi connectivity index (χ3v) is 5.51. The second-order valence-corrected chi connectivity index (χ2v) is 8.62. The highest BCUT2D eigenvalue weighted by Gasteiger charge is 2.22. The Morgan fingerprint density at radius 2 is 1.84 bits per heavy atom. The Kier molecular flexibility index (Phi) is 9.33. The number of ketones is 1. The zero-order chi connectivity index (χ0) is 26.9. The van der Waals surface area contributed by atoms with E-state index in [0.29, 0.717) is 41.6 Å². The van der Waals surface area contributed by atoms with Gasteiger partial charge in [-0.25, -0.2) is 9.97 Å². The first kappa shape index (κ1) is 27.3. The summed E-state index contributed by atoms with van der Waals surface area (Å²) in [5.41, 5.74) is 1.26. The fourth-order valence-corrected chi connectivity index (χ4v) is 3.48. The van der Waals surface area contributed by atoms with Crippen LogP contribution in [0, 0.1) is 10.1 Å². The van der Waals surface area contributed by atoms with E-state index >= 15 is 0 Å². The van der Waals surface area contributed by atoms with Crippen LogP contribution in [0.15, 0.2) is 48.7 Å². The summed E-state index contributed by atoms with van der Waals surface area (Å²) < 4.78 is 11.1. The van der Waals surface area contributed by atoms with E-state index in [9.17, 15) is 14.9 Å². The first-order chi connectivity index (χ1) is 17.7. The number of anilines is 3. The van der Waals surface area contributed by atoms with Crippen molar-refractivity contribution < 1.29 is 19.2 Å². The van der Waals surface area contributed by atoms with Crippen LogP contribution in [0.2, 0.25) is 0 Å². The third-order valence-electron chi connectivity index (χ3n) is 5.51. The first-order valence-corrected chi connectivity index (χ1v) is 11.8. The SMILES string of the molecule is CCCOc1ccc(C(=O)c2ccnc(Nc3cc([N+](=O)[O-])c(N(C)CCN(C)C)cc3OC)n2)cc1. The Labute approximate surface area is 216 Å². The van der Waals surface area contributed by atoms with Crippen molar-refractivity contribution in [1.29, 1.82) is 0 Å². The molecule has 3 rings (SSSR count). The van der Waals surface area contributed by atoms with Crippen molar-refractivity contribution in [3.05, 3.63) is 70.0 Å². The number of carbonyl (C=O) groups excluding carboxylic acids is 1. The number of nitro benzene ring substituents is 1. The van der Waals surface area contributed by atoms with E-state index in [1.165, 1.54) is 25.4 Å². The summed E-state index contributed by atoms with van der Waals surface area (Å²) in [6.07, 6.45) is 2.34. The van der Waals surface area contributed by atoms with Crippen LogP contribution in [0.4, 0.5) is 23.0 Å². The summed E-state index contributed by atoms with van der Waals surface area (Å²) in [5.74, 6) is 0.881. The maximum Gasteiger partial charge on any atom is 0.294 e. The highest BCUT2D eigenvalue weighted by Crippen LogP contribution is 2.38. The average molecular weight is 509 g/mol. The summed E-state index contributed by atoms with van der Waals surface area (Å²) in [4.78, 5) is 36.7. The number of hydrogen-bond donors (Lipinski definition) is 1. The second-order valence-electron chi connectivity index (χ2n) is 8.62. The molecule has 0 bridgehead atoms. The maximum atomic E-state index is 13.0. The molecule has 0 unspecified atom stereocenters. The fourth-order valence-electron chi connectivity index (χ4n) is 3.48. The zero-order valence-electron chi connectivity index (χ0n) is 21.7. The van der Waals surface area contributed by atoms with E-state index in [0.717, 1.165) is 13.0 Å². The number of nitro groups is 1. The van der Waals surface area contributed by atoms with Crippen LogP contribution in [0.1, 0.15) is 29.4 Å². The van der Waals surface area contributed by atoms with Crippen molar-refractivity contribution in [2.75, 3.05) is 58.2 Å². The minimum absolute atomic E-state index is 0.0952. The van der Waals surface area contributed by atoms with Crippen LogP contribution in [-0.4, -0.2) is 73.5 Å². The van der Waals surface area contributed by atoms with Gasteiger partial charge in [0.2, 0.25) is 11.7 Å². The lowest BCUT2D eigenvalue weighted by atomic mass is 10.1. The molecule has 0 saturated heterocycles. The lowest BCUT2D eigenvalue weighted by molar-refractivity contribution is -0.384. The smallest absolute Gasteiger partial charge is 0.294 e. The molecule has 0 aliphatic heterocycles. The Morgan fingerprint density at radius 3 is 2.46 bits per heavy atom. The second kappa shape index (κ2) is 12.6. The Balaban J connectivity index is 1.86. The molecule has 11 nitrogen and oxygen atoms in total. The van der Waals surface area contributed by atoms with Gasteiger partial charge in [0.15, 0.2) is 0 Å². The van der Waals surface area contributed by atoms with E-state index in [1.54, 1.807) is 42.3 Å². The topological polar surface area (TPSA) is 123 Å². The number of hydrogen-bond acceptors (Lipinski definition) is 10. The maximum absolute atomic E-state index is 13.0. The number of rotatable bonds is 13. The predicted molar refractivity (Wildman–Crippen MR) is 142 cm³/mol. The van der Waals surface area contributed by atoms with Gasteiger partial charge >= 0.3 is 0 Å². The van der Waals surface area contributed by atoms with Gasteiger partial charge in [0.25, 0.3) is 5.69 Å². The van der Waals surface area contributed by atoms with Gasteiger partial charge in [0.1, 0.15) is 22.9 Å². The van der Waals surface area contributed by atoms with E-state index in [-0.39, 0.29) is 23.1 Å². The number of nitrogens with zero attached hydrogens (tertiary/aromatic N) is 5. The van der Waals surface area contributed by atoms with Crippen LogP contribution < -0.4 is 19.7 Å². The molecule has 196 valence electrons. The lowest BCUT2D eigenvalue weighted by Gasteiger charge is -2.22. The number of aromatic nitrogens is 2. The van der Waals surface area contributed by atoms with Crippen LogP contribution in [0.25, 0.3) is 0 Å². The number of nitrogens with one attached hydrogen (secondary N) is 1. The van der Waals surface area contributed by atoms with E-state index in [2.05, 4.69) is 15.3 Å². The molecule has 1 N–H and O–H groups in total. The molecule has 1 heterocycles. The largest absolute Gasteiger partial charge is 0.494 e. The highest BCUT2D eigenvalue weighted by molar-refractivity contribution is 6.07. The van der Waals surface area contributed by atoms with Crippen molar-refractivity contribution in [1.82, 2.24) is 14.9 Å². The van der Waals surface area contributed by atoms with Crippen LogP contribution in [0.5, 0.6) is 11.5 Å². The van der Waals surface area contributed by atoms with Gasteiger partial charge in [-0.1, -0.05) is 6.92 Å². The minimum atomic E-state index is -0.444. The van der Waals surface area contributed by atoms with Gasteiger partial charge < -0.3 is 24.6 Å². The van der Waals surface area contributed by atoms with Gasteiger partial charge in [0, 0.05) is 44.0 Å². The van der Waals surface area contributed by atoms with Gasteiger partial charge in [0.05, 0.1) is 24.3 Å². The monoisotopic (exact) mass is 508 g/mol. The van der Waals surface area contributed by atoms with Crippen LogP contribution in [0.3, 0.4) is 0 Å². The molecule has 1 aromatic heterocycles. The van der Waals surface area contributed by atoms with Gasteiger partial charge in [-0.05, 0) is 50.8 Å². The minimum Gasteiger partial charge on any atom is -0.494 e.